The SMILES string of the molecule is COc1ccc(C2=NOC(CCCN3CCN(c4ccccc4OC)CC3)C2)cc1OC. The Bertz CT molecular complexity index is 925. The van der Waals surface area contributed by atoms with E-state index >= 15 is 0 Å². The molecule has 1 saturated heterocycles. The van der Waals surface area contributed by atoms with Gasteiger partial charge < -0.3 is 23.9 Å². The number of nitrogens with zero attached hydrogens (tertiary/aromatic N) is 3. The molecular formula is C25H33N3O4. The molecule has 4 rings (SSSR count). The Morgan fingerprint density at radius 3 is 2.41 bits per heavy atom. The first kappa shape index (κ1) is 22.3. The Morgan fingerprint density at radius 1 is 0.906 bits per heavy atom. The van der Waals surface area contributed by atoms with Gasteiger partial charge in [-0.25, -0.2) is 0 Å². The lowest BCUT2D eigenvalue weighted by atomic mass is 10.0. The van der Waals surface area contributed by atoms with Crippen LogP contribution in [0, 0.1) is 0 Å². The fourth-order valence-corrected chi connectivity index (χ4v) is 4.42. The van der Waals surface area contributed by atoms with Crippen molar-refractivity contribution in [2.75, 3.05) is 59.0 Å². The fraction of sp³-hybridized carbons (Fsp3) is 0.480. The van der Waals surface area contributed by atoms with Crippen LogP contribution >= 0.6 is 0 Å². The van der Waals surface area contributed by atoms with Gasteiger partial charge in [0.05, 0.1) is 32.7 Å². The number of anilines is 1. The first-order chi connectivity index (χ1) is 15.7. The average Bonchev–Trinajstić information content (AvgIpc) is 3.33. The zero-order valence-electron chi connectivity index (χ0n) is 19.3. The van der Waals surface area contributed by atoms with Crippen molar-refractivity contribution in [1.29, 1.82) is 0 Å². The van der Waals surface area contributed by atoms with E-state index in [1.807, 2.05) is 30.3 Å². The summed E-state index contributed by atoms with van der Waals surface area (Å²) in [7, 11) is 5.02. The molecule has 0 aliphatic carbocycles. The van der Waals surface area contributed by atoms with Gasteiger partial charge in [-0.1, -0.05) is 17.3 Å². The largest absolute Gasteiger partial charge is 0.495 e. The van der Waals surface area contributed by atoms with Gasteiger partial charge in [0.25, 0.3) is 0 Å². The maximum absolute atomic E-state index is 5.72. The summed E-state index contributed by atoms with van der Waals surface area (Å²) in [6, 6.07) is 14.1. The summed E-state index contributed by atoms with van der Waals surface area (Å²) >= 11 is 0. The highest BCUT2D eigenvalue weighted by Gasteiger charge is 2.24. The third-order valence-corrected chi connectivity index (χ3v) is 6.25. The summed E-state index contributed by atoms with van der Waals surface area (Å²) in [6.07, 6.45) is 3.09. The Kier molecular flexibility index (Phi) is 7.37. The molecule has 0 amide bonds. The van der Waals surface area contributed by atoms with E-state index in [0.29, 0.717) is 5.75 Å². The number of piperazine rings is 1. The fourth-order valence-electron chi connectivity index (χ4n) is 4.42. The Morgan fingerprint density at radius 2 is 1.66 bits per heavy atom. The lowest BCUT2D eigenvalue weighted by molar-refractivity contribution is 0.0745. The van der Waals surface area contributed by atoms with Crippen LogP contribution < -0.4 is 19.1 Å². The van der Waals surface area contributed by atoms with Crippen LogP contribution in [0.2, 0.25) is 0 Å². The maximum atomic E-state index is 5.72. The van der Waals surface area contributed by atoms with Crippen LogP contribution in [0.1, 0.15) is 24.8 Å². The molecule has 0 saturated carbocycles. The van der Waals surface area contributed by atoms with Gasteiger partial charge in [-0.3, -0.25) is 4.90 Å². The number of benzene rings is 2. The lowest BCUT2D eigenvalue weighted by Gasteiger charge is -2.36. The average molecular weight is 440 g/mol. The molecule has 7 nitrogen and oxygen atoms in total. The summed E-state index contributed by atoms with van der Waals surface area (Å²) in [5, 5.41) is 4.33. The summed E-state index contributed by atoms with van der Waals surface area (Å²) in [6.45, 7) is 5.26. The van der Waals surface area contributed by atoms with E-state index in [-0.39, 0.29) is 6.10 Å². The predicted molar refractivity (Wildman–Crippen MR) is 126 cm³/mol. The van der Waals surface area contributed by atoms with E-state index in [1.54, 1.807) is 21.3 Å². The molecule has 1 atom stereocenters. The van der Waals surface area contributed by atoms with Crippen LogP contribution in [0.4, 0.5) is 5.69 Å². The van der Waals surface area contributed by atoms with Crippen LogP contribution in [-0.2, 0) is 4.84 Å². The number of methoxy groups -OCH3 is 3. The van der Waals surface area contributed by atoms with Crippen molar-refractivity contribution in [1.82, 2.24) is 4.90 Å². The smallest absolute Gasteiger partial charge is 0.161 e. The van der Waals surface area contributed by atoms with E-state index < -0.39 is 0 Å². The Balaban J connectivity index is 1.20. The van der Waals surface area contributed by atoms with Gasteiger partial charge >= 0.3 is 0 Å². The van der Waals surface area contributed by atoms with Crippen molar-refractivity contribution < 1.29 is 19.0 Å². The zero-order valence-corrected chi connectivity index (χ0v) is 19.3. The van der Waals surface area contributed by atoms with Crippen molar-refractivity contribution in [3.8, 4) is 17.2 Å². The molecule has 2 heterocycles. The molecule has 0 spiro atoms. The zero-order chi connectivity index (χ0) is 22.3. The quantitative estimate of drug-likeness (QED) is 0.592. The lowest BCUT2D eigenvalue weighted by Crippen LogP contribution is -2.46. The molecule has 0 N–H and O–H groups in total. The minimum atomic E-state index is 0.146. The van der Waals surface area contributed by atoms with Gasteiger partial charge in [0.2, 0.25) is 0 Å². The highest BCUT2D eigenvalue weighted by Crippen LogP contribution is 2.30. The van der Waals surface area contributed by atoms with E-state index in [1.165, 1.54) is 5.69 Å². The summed E-state index contributed by atoms with van der Waals surface area (Å²) in [5.41, 5.74) is 3.19. The minimum absolute atomic E-state index is 0.146. The molecule has 0 bridgehead atoms. The van der Waals surface area contributed by atoms with E-state index in [4.69, 9.17) is 19.0 Å². The third-order valence-electron chi connectivity index (χ3n) is 6.25. The van der Waals surface area contributed by atoms with Crippen LogP contribution in [-0.4, -0.2) is 70.8 Å². The van der Waals surface area contributed by atoms with E-state index in [9.17, 15) is 0 Å². The van der Waals surface area contributed by atoms with Crippen LogP contribution in [0.5, 0.6) is 17.2 Å². The van der Waals surface area contributed by atoms with Gasteiger partial charge in [0, 0.05) is 38.2 Å². The van der Waals surface area contributed by atoms with Gasteiger partial charge in [0.15, 0.2) is 11.5 Å². The van der Waals surface area contributed by atoms with Crippen molar-refractivity contribution >= 4 is 11.4 Å². The molecule has 2 aromatic rings. The molecule has 2 aliphatic rings. The predicted octanol–water partition coefficient (Wildman–Crippen LogP) is 3.81. The summed E-state index contributed by atoms with van der Waals surface area (Å²) in [4.78, 5) is 10.7. The third kappa shape index (κ3) is 5.10. The summed E-state index contributed by atoms with van der Waals surface area (Å²) in [5.74, 6) is 2.38. The topological polar surface area (TPSA) is 55.8 Å². The number of para-hydroxylation sites is 2. The molecule has 1 unspecified atom stereocenters. The molecule has 7 heteroatoms. The second-order valence-electron chi connectivity index (χ2n) is 8.18. The normalized spacial score (nSPS) is 18.8. The Hall–Kier alpha value is -2.93. The molecule has 32 heavy (non-hydrogen) atoms. The summed E-state index contributed by atoms with van der Waals surface area (Å²) < 4.78 is 16.2. The number of rotatable bonds is 9. The van der Waals surface area contributed by atoms with Crippen LogP contribution in [0.15, 0.2) is 47.6 Å². The van der Waals surface area contributed by atoms with Gasteiger partial charge in [0.1, 0.15) is 11.9 Å². The maximum Gasteiger partial charge on any atom is 0.161 e. The van der Waals surface area contributed by atoms with Gasteiger partial charge in [-0.05, 0) is 49.7 Å². The number of oxime groups is 1. The van der Waals surface area contributed by atoms with Crippen LogP contribution in [0.3, 0.4) is 0 Å². The molecule has 0 aromatic heterocycles. The molecule has 172 valence electrons. The monoisotopic (exact) mass is 439 g/mol. The van der Waals surface area contributed by atoms with Gasteiger partial charge in [-0.2, -0.15) is 0 Å². The number of hydrogen-bond donors (Lipinski definition) is 0. The first-order valence-electron chi connectivity index (χ1n) is 11.3. The standard InChI is InChI=1S/C25H33N3O4/c1-29-23-9-5-4-8-22(23)28-15-13-27(14-16-28)12-6-7-20-18-21(26-32-20)19-10-11-24(30-2)25(17-19)31-3/h4-5,8-11,17,20H,6-7,12-16,18H2,1-3H3. The highest BCUT2D eigenvalue weighted by molar-refractivity contribution is 6.01. The molecule has 1 fully saturated rings. The number of ether oxygens (including phenoxy) is 3. The number of hydrogen-bond acceptors (Lipinski definition) is 7. The second-order valence-corrected chi connectivity index (χ2v) is 8.18. The highest BCUT2D eigenvalue weighted by atomic mass is 16.6. The van der Waals surface area contributed by atoms with Crippen molar-refractivity contribution in [2.24, 2.45) is 5.16 Å². The van der Waals surface area contributed by atoms with E-state index in [0.717, 1.165) is 74.8 Å². The van der Waals surface area contributed by atoms with Crippen molar-refractivity contribution in [3.05, 3.63) is 48.0 Å². The van der Waals surface area contributed by atoms with Gasteiger partial charge in [-0.15, -0.1) is 0 Å². The molecule has 2 aliphatic heterocycles. The molecule has 0 radical (unpaired) electrons. The van der Waals surface area contributed by atoms with Crippen molar-refractivity contribution in [2.45, 2.75) is 25.4 Å². The van der Waals surface area contributed by atoms with Crippen LogP contribution in [0.25, 0.3) is 0 Å². The molecular weight excluding hydrogens is 406 g/mol. The first-order valence-corrected chi connectivity index (χ1v) is 11.3. The molecule has 2 aromatic carbocycles. The minimum Gasteiger partial charge on any atom is -0.495 e. The van der Waals surface area contributed by atoms with E-state index in [2.05, 4.69) is 27.1 Å². The second kappa shape index (κ2) is 10.6. The van der Waals surface area contributed by atoms with Crippen molar-refractivity contribution in [3.63, 3.8) is 0 Å². The Labute approximate surface area is 190 Å².